The van der Waals surface area contributed by atoms with Crippen LogP contribution in [0, 0.1) is 6.92 Å². The normalized spacial score (nSPS) is 10.8. The van der Waals surface area contributed by atoms with Crippen molar-refractivity contribution < 1.29 is 10.2 Å². The fourth-order valence-electron chi connectivity index (χ4n) is 2.22. The van der Waals surface area contributed by atoms with Gasteiger partial charge in [-0.05, 0) is 31.2 Å². The first-order valence-corrected chi connectivity index (χ1v) is 6.08. The number of para-hydroxylation sites is 1. The van der Waals surface area contributed by atoms with Crippen molar-refractivity contribution >= 4 is 10.9 Å². The second kappa shape index (κ2) is 4.38. The summed E-state index contributed by atoms with van der Waals surface area (Å²) in [5.41, 5.74) is 0.533. The lowest BCUT2D eigenvalue weighted by Gasteiger charge is -2.12. The van der Waals surface area contributed by atoms with E-state index in [1.165, 1.54) is 22.8 Å². The van der Waals surface area contributed by atoms with Gasteiger partial charge in [-0.3, -0.25) is 9.36 Å². The Morgan fingerprint density at radius 1 is 1.10 bits per heavy atom. The topological polar surface area (TPSA) is 75.4 Å². The van der Waals surface area contributed by atoms with Gasteiger partial charge in [0.25, 0.3) is 5.56 Å². The Labute approximate surface area is 114 Å². The van der Waals surface area contributed by atoms with E-state index in [1.54, 1.807) is 25.1 Å². The molecular formula is C15H12N2O3. The average Bonchev–Trinajstić information content (AvgIpc) is 2.42. The Kier molecular flexibility index (Phi) is 2.68. The summed E-state index contributed by atoms with van der Waals surface area (Å²) in [7, 11) is 0. The van der Waals surface area contributed by atoms with Crippen LogP contribution in [0.25, 0.3) is 16.6 Å². The van der Waals surface area contributed by atoms with E-state index < -0.39 is 0 Å². The van der Waals surface area contributed by atoms with Gasteiger partial charge in [-0.25, -0.2) is 4.98 Å². The monoisotopic (exact) mass is 268 g/mol. The Hall–Kier alpha value is -2.82. The van der Waals surface area contributed by atoms with Crippen molar-refractivity contribution in [1.29, 1.82) is 0 Å². The lowest BCUT2D eigenvalue weighted by atomic mass is 10.2. The maximum absolute atomic E-state index is 12.5. The third-order valence-electron chi connectivity index (χ3n) is 3.14. The van der Waals surface area contributed by atoms with Gasteiger partial charge in [0.15, 0.2) is 0 Å². The number of nitrogens with zero attached hydrogens (tertiary/aromatic N) is 2. The highest BCUT2D eigenvalue weighted by atomic mass is 16.3. The maximum atomic E-state index is 12.5. The lowest BCUT2D eigenvalue weighted by Crippen LogP contribution is -2.22. The molecule has 5 nitrogen and oxygen atoms in total. The zero-order valence-electron chi connectivity index (χ0n) is 10.7. The molecule has 3 rings (SSSR count). The van der Waals surface area contributed by atoms with E-state index in [1.807, 2.05) is 6.07 Å². The van der Waals surface area contributed by atoms with Crippen molar-refractivity contribution in [2.45, 2.75) is 6.92 Å². The fraction of sp³-hybridized carbons (Fsp3) is 0.0667. The molecule has 100 valence electrons. The van der Waals surface area contributed by atoms with Crippen molar-refractivity contribution in [3.63, 3.8) is 0 Å². The highest BCUT2D eigenvalue weighted by Crippen LogP contribution is 2.26. The van der Waals surface area contributed by atoms with E-state index in [2.05, 4.69) is 4.98 Å². The van der Waals surface area contributed by atoms with Gasteiger partial charge in [-0.15, -0.1) is 0 Å². The number of phenolic OH excluding ortho intramolecular Hbond substituents is 2. The molecule has 0 aliphatic rings. The highest BCUT2D eigenvalue weighted by Gasteiger charge is 2.13. The molecule has 1 aromatic heterocycles. The molecule has 1 heterocycles. The molecule has 2 aromatic carbocycles. The first-order valence-electron chi connectivity index (χ1n) is 6.08. The van der Waals surface area contributed by atoms with Crippen LogP contribution in [0.3, 0.4) is 0 Å². The second-order valence-electron chi connectivity index (χ2n) is 4.49. The smallest absolute Gasteiger partial charge is 0.266 e. The number of fused-ring (bicyclic) bond motifs is 1. The van der Waals surface area contributed by atoms with Crippen LogP contribution < -0.4 is 5.56 Å². The quantitative estimate of drug-likeness (QED) is 0.663. The number of hydrogen-bond acceptors (Lipinski definition) is 4. The molecule has 3 aromatic rings. The van der Waals surface area contributed by atoms with Crippen LogP contribution in [0.2, 0.25) is 0 Å². The predicted molar refractivity (Wildman–Crippen MR) is 75.4 cm³/mol. The van der Waals surface area contributed by atoms with E-state index in [4.69, 9.17) is 0 Å². The molecule has 0 saturated heterocycles. The predicted octanol–water partition coefficient (Wildman–Crippen LogP) is 2.11. The minimum Gasteiger partial charge on any atom is -0.508 e. The summed E-state index contributed by atoms with van der Waals surface area (Å²) < 4.78 is 1.29. The molecule has 0 saturated carbocycles. The first kappa shape index (κ1) is 12.2. The van der Waals surface area contributed by atoms with Crippen LogP contribution in [0.4, 0.5) is 0 Å². The number of rotatable bonds is 1. The van der Waals surface area contributed by atoms with Crippen molar-refractivity contribution in [2.24, 2.45) is 0 Å². The van der Waals surface area contributed by atoms with Crippen molar-refractivity contribution in [2.75, 3.05) is 0 Å². The van der Waals surface area contributed by atoms with Gasteiger partial charge in [0.05, 0.1) is 16.6 Å². The molecular weight excluding hydrogens is 256 g/mol. The molecule has 0 spiro atoms. The number of aromatic hydroxyl groups is 2. The molecule has 20 heavy (non-hydrogen) atoms. The second-order valence-corrected chi connectivity index (χ2v) is 4.49. The molecule has 2 N–H and O–H groups in total. The van der Waals surface area contributed by atoms with E-state index >= 15 is 0 Å². The summed E-state index contributed by atoms with van der Waals surface area (Å²) in [5.74, 6) is 0.317. The Morgan fingerprint density at radius 3 is 2.65 bits per heavy atom. The fourth-order valence-corrected chi connectivity index (χ4v) is 2.22. The van der Waals surface area contributed by atoms with Crippen LogP contribution in [-0.4, -0.2) is 19.8 Å². The molecule has 0 radical (unpaired) electrons. The summed E-state index contributed by atoms with van der Waals surface area (Å²) in [6, 6.07) is 11.0. The van der Waals surface area contributed by atoms with Crippen molar-refractivity contribution in [3.05, 3.63) is 58.6 Å². The van der Waals surface area contributed by atoms with Gasteiger partial charge in [0.1, 0.15) is 17.3 Å². The minimum atomic E-state index is -0.283. The Morgan fingerprint density at radius 2 is 1.85 bits per heavy atom. The molecule has 0 aliphatic heterocycles. The first-order chi connectivity index (χ1) is 9.58. The van der Waals surface area contributed by atoms with Crippen LogP contribution >= 0.6 is 0 Å². The third kappa shape index (κ3) is 1.80. The summed E-state index contributed by atoms with van der Waals surface area (Å²) in [6.07, 6.45) is 0. The van der Waals surface area contributed by atoms with E-state index in [0.29, 0.717) is 16.7 Å². The molecule has 0 bridgehead atoms. The van der Waals surface area contributed by atoms with E-state index in [9.17, 15) is 15.0 Å². The summed E-state index contributed by atoms with van der Waals surface area (Å²) >= 11 is 0. The number of hydrogen-bond donors (Lipinski definition) is 2. The largest absolute Gasteiger partial charge is 0.508 e. The molecule has 0 aliphatic carbocycles. The van der Waals surface area contributed by atoms with Crippen molar-refractivity contribution in [1.82, 2.24) is 9.55 Å². The van der Waals surface area contributed by atoms with Gasteiger partial charge in [0, 0.05) is 6.07 Å². The average molecular weight is 268 g/mol. The lowest BCUT2D eigenvalue weighted by molar-refractivity contribution is 0.457. The van der Waals surface area contributed by atoms with Crippen molar-refractivity contribution in [3.8, 4) is 17.2 Å². The van der Waals surface area contributed by atoms with Crippen LogP contribution in [0.5, 0.6) is 11.5 Å². The van der Waals surface area contributed by atoms with Crippen LogP contribution in [0.1, 0.15) is 5.82 Å². The van der Waals surface area contributed by atoms with Gasteiger partial charge in [-0.2, -0.15) is 0 Å². The maximum Gasteiger partial charge on any atom is 0.266 e. The summed E-state index contributed by atoms with van der Waals surface area (Å²) in [6.45, 7) is 1.68. The summed E-state index contributed by atoms with van der Waals surface area (Å²) in [4.78, 5) is 16.9. The van der Waals surface area contributed by atoms with Gasteiger partial charge in [0.2, 0.25) is 0 Å². The third-order valence-corrected chi connectivity index (χ3v) is 3.14. The Bertz CT molecular complexity index is 869. The molecule has 0 fully saturated rings. The SMILES string of the molecule is Cc1nc2ccccc2c(=O)n1-c1cc(O)ccc1O. The zero-order chi connectivity index (χ0) is 14.3. The van der Waals surface area contributed by atoms with E-state index in [0.717, 1.165) is 0 Å². The number of benzene rings is 2. The zero-order valence-corrected chi connectivity index (χ0v) is 10.7. The minimum absolute atomic E-state index is 0.0303. The molecule has 0 unspecified atom stereocenters. The molecule has 0 atom stereocenters. The highest BCUT2D eigenvalue weighted by molar-refractivity contribution is 5.78. The number of aromatic nitrogens is 2. The summed E-state index contributed by atoms with van der Waals surface area (Å²) in [5, 5.41) is 19.9. The van der Waals surface area contributed by atoms with Crippen LogP contribution in [0.15, 0.2) is 47.3 Å². The van der Waals surface area contributed by atoms with Gasteiger partial charge in [-0.1, -0.05) is 12.1 Å². The number of phenols is 2. The standard InChI is InChI=1S/C15H12N2O3/c1-9-16-12-5-3-2-4-11(12)15(20)17(9)13-8-10(18)6-7-14(13)19/h2-8,18-19H,1H3. The molecule has 5 heteroatoms. The van der Waals surface area contributed by atoms with Gasteiger partial charge < -0.3 is 10.2 Å². The molecule has 0 amide bonds. The van der Waals surface area contributed by atoms with E-state index in [-0.39, 0.29) is 22.7 Å². The Balaban J connectivity index is 2.42. The van der Waals surface area contributed by atoms with Gasteiger partial charge >= 0.3 is 0 Å². The van der Waals surface area contributed by atoms with Crippen LogP contribution in [-0.2, 0) is 0 Å². The number of aryl methyl sites for hydroxylation is 1.